The number of guanidine groups is 1. The fraction of sp³-hybridized carbons (Fsp3) is 0.500. The Bertz CT molecular complexity index is 303. The molecule has 1 saturated heterocycles. The van der Waals surface area contributed by atoms with Crippen LogP contribution in [-0.4, -0.2) is 53.4 Å². The lowest BCUT2D eigenvalue weighted by molar-refractivity contribution is -0.118. The molecule has 10 heteroatoms. The fourth-order valence-corrected chi connectivity index (χ4v) is 0.561. The zero-order valence-corrected chi connectivity index (χ0v) is 8.00. The van der Waals surface area contributed by atoms with Gasteiger partial charge >= 0.3 is 10.4 Å². The van der Waals surface area contributed by atoms with Crippen molar-refractivity contribution in [1.82, 2.24) is 10.2 Å². The number of nitrogens with one attached hydrogen (secondary N) is 2. The van der Waals surface area contributed by atoms with Gasteiger partial charge in [0.25, 0.3) is 0 Å². The third kappa shape index (κ3) is 8.86. The Morgan fingerprint density at radius 2 is 1.86 bits per heavy atom. The van der Waals surface area contributed by atoms with Crippen molar-refractivity contribution < 1.29 is 27.8 Å². The van der Waals surface area contributed by atoms with Gasteiger partial charge in [0.05, 0.1) is 6.54 Å². The van der Waals surface area contributed by atoms with E-state index < -0.39 is 10.4 Å². The first kappa shape index (κ1) is 15.3. The Hall–Kier alpha value is -1.23. The third-order valence-electron chi connectivity index (χ3n) is 1.02. The molecule has 84 valence electrons. The van der Waals surface area contributed by atoms with Crippen LogP contribution in [-0.2, 0) is 15.2 Å². The summed E-state index contributed by atoms with van der Waals surface area (Å²) in [5.74, 6) is 0.0903. The van der Waals surface area contributed by atoms with Gasteiger partial charge in [-0.15, -0.1) is 0 Å². The first-order valence-corrected chi connectivity index (χ1v) is 4.39. The van der Waals surface area contributed by atoms with E-state index >= 15 is 0 Å². The molecule has 0 unspecified atom stereocenters. The lowest BCUT2D eigenvalue weighted by Gasteiger charge is -2.03. The molecule has 9 nitrogen and oxygen atoms in total. The van der Waals surface area contributed by atoms with Crippen molar-refractivity contribution >= 4 is 22.3 Å². The second-order valence-electron chi connectivity index (χ2n) is 2.20. The molecule has 0 aromatic carbocycles. The van der Waals surface area contributed by atoms with Gasteiger partial charge in [0, 0.05) is 7.05 Å². The number of amides is 1. The third-order valence-corrected chi connectivity index (χ3v) is 1.02. The molecule has 14 heavy (non-hydrogen) atoms. The van der Waals surface area contributed by atoms with Crippen molar-refractivity contribution in [1.29, 1.82) is 5.41 Å². The highest BCUT2D eigenvalue weighted by Gasteiger charge is 2.18. The lowest BCUT2D eigenvalue weighted by atomic mass is 10.6. The quantitative estimate of drug-likeness (QED) is 0.335. The van der Waals surface area contributed by atoms with Crippen LogP contribution < -0.4 is 5.32 Å². The van der Waals surface area contributed by atoms with E-state index in [9.17, 15) is 4.79 Å². The molecular formula is C4H11N3O6S. The van der Waals surface area contributed by atoms with E-state index in [1.54, 1.807) is 11.9 Å². The summed E-state index contributed by atoms with van der Waals surface area (Å²) in [5.41, 5.74) is 0. The van der Waals surface area contributed by atoms with E-state index in [0.717, 1.165) is 0 Å². The van der Waals surface area contributed by atoms with Crippen molar-refractivity contribution in [2.45, 2.75) is 0 Å². The zero-order valence-electron chi connectivity index (χ0n) is 7.18. The highest BCUT2D eigenvalue weighted by molar-refractivity contribution is 7.79. The number of likely N-dealkylation sites (N-methyl/N-ethyl adjacent to an activating group) is 1. The number of hydrogen-bond donors (Lipinski definition) is 4. The van der Waals surface area contributed by atoms with Crippen molar-refractivity contribution in [2.24, 2.45) is 0 Å². The molecular weight excluding hydrogens is 218 g/mol. The van der Waals surface area contributed by atoms with Gasteiger partial charge in [0.15, 0.2) is 5.96 Å². The maximum atomic E-state index is 10.4. The van der Waals surface area contributed by atoms with Gasteiger partial charge in [-0.05, 0) is 0 Å². The summed E-state index contributed by atoms with van der Waals surface area (Å²) in [4.78, 5) is 11.9. The van der Waals surface area contributed by atoms with Crippen LogP contribution >= 0.6 is 0 Å². The molecule has 0 radical (unpaired) electrons. The van der Waals surface area contributed by atoms with Gasteiger partial charge in [-0.1, -0.05) is 0 Å². The van der Waals surface area contributed by atoms with E-state index in [2.05, 4.69) is 5.32 Å². The fourth-order valence-electron chi connectivity index (χ4n) is 0.561. The molecule has 0 atom stereocenters. The van der Waals surface area contributed by atoms with Crippen LogP contribution in [0.4, 0.5) is 0 Å². The van der Waals surface area contributed by atoms with Crippen LogP contribution in [0.15, 0.2) is 0 Å². The molecule has 0 aromatic heterocycles. The number of nitrogens with zero attached hydrogens (tertiary/aromatic N) is 1. The molecule has 0 aliphatic carbocycles. The average molecular weight is 229 g/mol. The van der Waals surface area contributed by atoms with Crippen molar-refractivity contribution in [2.75, 3.05) is 13.6 Å². The van der Waals surface area contributed by atoms with E-state index in [0.29, 0.717) is 6.54 Å². The summed E-state index contributed by atoms with van der Waals surface area (Å²) < 4.78 is 31.6. The van der Waals surface area contributed by atoms with Crippen LogP contribution in [0.5, 0.6) is 0 Å². The summed E-state index contributed by atoms with van der Waals surface area (Å²) in [6.07, 6.45) is 0. The first-order valence-electron chi connectivity index (χ1n) is 2.99. The number of carbonyl (C=O) groups is 1. The predicted molar refractivity (Wildman–Crippen MR) is 46.3 cm³/mol. The standard InChI is InChI=1S/C4H7N3O.H2O4S.H2O/c1-7-2-3(8)6-4(7)5;1-5(2,3)4;/h2H2,1H3,(H2,5,6,8);(H2,1,2,3,4);1H2. The van der Waals surface area contributed by atoms with E-state index in [1.807, 2.05) is 0 Å². The molecule has 0 bridgehead atoms. The summed E-state index contributed by atoms with van der Waals surface area (Å²) >= 11 is 0. The molecule has 0 aromatic rings. The van der Waals surface area contributed by atoms with Crippen LogP contribution in [0.1, 0.15) is 0 Å². The van der Waals surface area contributed by atoms with Gasteiger partial charge in [0.2, 0.25) is 5.91 Å². The van der Waals surface area contributed by atoms with Gasteiger partial charge in [-0.2, -0.15) is 8.42 Å². The predicted octanol–water partition coefficient (Wildman–Crippen LogP) is -2.49. The largest absolute Gasteiger partial charge is 0.412 e. The van der Waals surface area contributed by atoms with Crippen LogP contribution in [0.25, 0.3) is 0 Å². The van der Waals surface area contributed by atoms with E-state index in [1.165, 1.54) is 0 Å². The van der Waals surface area contributed by atoms with Crippen LogP contribution in [0, 0.1) is 5.41 Å². The molecule has 6 N–H and O–H groups in total. The Labute approximate surface area is 80.1 Å². The first-order chi connectivity index (χ1) is 5.70. The van der Waals surface area contributed by atoms with Crippen LogP contribution in [0.2, 0.25) is 0 Å². The van der Waals surface area contributed by atoms with Crippen molar-refractivity contribution in [3.05, 3.63) is 0 Å². The minimum absolute atomic E-state index is 0. The second-order valence-corrected chi connectivity index (χ2v) is 3.10. The van der Waals surface area contributed by atoms with Crippen molar-refractivity contribution in [3.63, 3.8) is 0 Å². The minimum Gasteiger partial charge on any atom is -0.412 e. The number of rotatable bonds is 0. The smallest absolute Gasteiger partial charge is 0.394 e. The van der Waals surface area contributed by atoms with Gasteiger partial charge in [-0.25, -0.2) is 0 Å². The topological polar surface area (TPSA) is 162 Å². The molecule has 1 heterocycles. The molecule has 1 aliphatic rings. The van der Waals surface area contributed by atoms with E-state index in [-0.39, 0.29) is 17.3 Å². The van der Waals surface area contributed by atoms with Gasteiger partial charge < -0.3 is 10.4 Å². The maximum Gasteiger partial charge on any atom is 0.394 e. The summed E-state index contributed by atoms with van der Waals surface area (Å²) in [6, 6.07) is 0. The molecule has 1 fully saturated rings. The Balaban J connectivity index is 0. The zero-order chi connectivity index (χ0) is 10.6. The van der Waals surface area contributed by atoms with E-state index in [4.69, 9.17) is 22.9 Å². The monoisotopic (exact) mass is 229 g/mol. The highest BCUT2D eigenvalue weighted by Crippen LogP contribution is 1.89. The molecule has 1 aliphatic heterocycles. The summed E-state index contributed by atoms with van der Waals surface area (Å²) in [5, 5.41) is 9.32. The SMILES string of the molecule is CN1CC(=O)NC1=N.O.O=S(=O)(O)O. The number of hydrogen-bond acceptors (Lipinski definition) is 4. The minimum atomic E-state index is -4.67. The Kier molecular flexibility index (Phi) is 5.98. The highest BCUT2D eigenvalue weighted by atomic mass is 32.3. The lowest BCUT2D eigenvalue weighted by Crippen LogP contribution is -2.25. The summed E-state index contributed by atoms with van der Waals surface area (Å²) in [6.45, 7) is 0.318. The number of carbonyl (C=O) groups excluding carboxylic acids is 1. The normalized spacial score (nSPS) is 15.2. The molecule has 0 saturated carbocycles. The van der Waals surface area contributed by atoms with Crippen LogP contribution in [0.3, 0.4) is 0 Å². The molecule has 1 amide bonds. The average Bonchev–Trinajstić information content (AvgIpc) is 2.05. The second kappa shape index (κ2) is 5.49. The maximum absolute atomic E-state index is 10.4. The molecule has 0 spiro atoms. The van der Waals surface area contributed by atoms with Crippen molar-refractivity contribution in [3.8, 4) is 0 Å². The Morgan fingerprint density at radius 1 is 1.50 bits per heavy atom. The Morgan fingerprint density at radius 3 is 1.93 bits per heavy atom. The molecule has 1 rings (SSSR count). The van der Waals surface area contributed by atoms with Gasteiger partial charge in [-0.3, -0.25) is 24.6 Å². The summed E-state index contributed by atoms with van der Waals surface area (Å²) in [7, 11) is -2.97. The van der Waals surface area contributed by atoms with Gasteiger partial charge in [0.1, 0.15) is 0 Å².